The quantitative estimate of drug-likeness (QED) is 0.860. The van der Waals surface area contributed by atoms with Gasteiger partial charge < -0.3 is 10.4 Å². The topological polar surface area (TPSA) is 49.3 Å². The Morgan fingerprint density at radius 3 is 2.53 bits per heavy atom. The van der Waals surface area contributed by atoms with Gasteiger partial charge in [0.05, 0.1) is 6.42 Å². The summed E-state index contributed by atoms with van der Waals surface area (Å²) in [5.41, 5.74) is 0.241. The number of halogens is 1. The predicted molar refractivity (Wildman–Crippen MR) is 73.2 cm³/mol. The zero-order valence-corrected chi connectivity index (χ0v) is 11.7. The molecule has 0 heterocycles. The molecular formula is C15H22FNO2. The van der Waals surface area contributed by atoms with Crippen LogP contribution < -0.4 is 5.32 Å². The average molecular weight is 267 g/mol. The summed E-state index contributed by atoms with van der Waals surface area (Å²) in [6.45, 7) is 6.01. The lowest BCUT2D eigenvalue weighted by Crippen LogP contribution is -2.44. The summed E-state index contributed by atoms with van der Waals surface area (Å²) in [6, 6.07) is 6.13. The first-order valence-electron chi connectivity index (χ1n) is 6.48. The maximum Gasteiger partial charge on any atom is 0.224 e. The molecule has 3 nitrogen and oxygen atoms in total. The number of aliphatic hydroxyl groups excluding tert-OH is 1. The van der Waals surface area contributed by atoms with Crippen molar-refractivity contribution >= 4 is 5.91 Å². The first kappa shape index (κ1) is 15.6. The van der Waals surface area contributed by atoms with Crippen LogP contribution in [0.25, 0.3) is 0 Å². The minimum atomic E-state index is -0.368. The largest absolute Gasteiger partial charge is 0.396 e. The van der Waals surface area contributed by atoms with E-state index in [0.29, 0.717) is 12.0 Å². The number of benzene rings is 1. The zero-order chi connectivity index (χ0) is 14.5. The maximum atomic E-state index is 13.4. The van der Waals surface area contributed by atoms with Gasteiger partial charge in [-0.25, -0.2) is 4.39 Å². The summed E-state index contributed by atoms with van der Waals surface area (Å²) in [7, 11) is 0. The standard InChI is InChI=1S/C15H22FNO2/c1-15(2,3)13(8-9-18)17-14(19)10-11-6-4-5-7-12(11)16/h4-7,13,18H,8-10H2,1-3H3,(H,17,19). The van der Waals surface area contributed by atoms with Crippen molar-refractivity contribution in [3.63, 3.8) is 0 Å². The molecule has 1 amide bonds. The highest BCUT2D eigenvalue weighted by atomic mass is 19.1. The molecule has 0 aromatic heterocycles. The number of carbonyl (C=O) groups excluding carboxylic acids is 1. The van der Waals surface area contributed by atoms with E-state index >= 15 is 0 Å². The van der Waals surface area contributed by atoms with Crippen LogP contribution in [0.5, 0.6) is 0 Å². The van der Waals surface area contributed by atoms with E-state index in [4.69, 9.17) is 5.11 Å². The van der Waals surface area contributed by atoms with Crippen LogP contribution >= 0.6 is 0 Å². The van der Waals surface area contributed by atoms with Gasteiger partial charge in [0.15, 0.2) is 0 Å². The molecule has 19 heavy (non-hydrogen) atoms. The fraction of sp³-hybridized carbons (Fsp3) is 0.533. The van der Waals surface area contributed by atoms with Gasteiger partial charge in [0.25, 0.3) is 0 Å². The molecule has 1 unspecified atom stereocenters. The van der Waals surface area contributed by atoms with Crippen LogP contribution in [0, 0.1) is 11.2 Å². The van der Waals surface area contributed by atoms with Crippen LogP contribution in [0.15, 0.2) is 24.3 Å². The Morgan fingerprint density at radius 1 is 1.37 bits per heavy atom. The zero-order valence-electron chi connectivity index (χ0n) is 11.7. The highest BCUT2D eigenvalue weighted by molar-refractivity contribution is 5.79. The number of rotatable bonds is 5. The normalized spacial score (nSPS) is 13.1. The molecule has 1 aromatic rings. The molecule has 2 N–H and O–H groups in total. The Morgan fingerprint density at radius 2 is 2.00 bits per heavy atom. The molecule has 106 valence electrons. The van der Waals surface area contributed by atoms with Crippen molar-refractivity contribution in [3.8, 4) is 0 Å². The average Bonchev–Trinajstić information content (AvgIpc) is 2.30. The first-order valence-corrected chi connectivity index (χ1v) is 6.48. The number of aliphatic hydroxyl groups is 1. The van der Waals surface area contributed by atoms with E-state index in [9.17, 15) is 9.18 Å². The lowest BCUT2D eigenvalue weighted by molar-refractivity contribution is -0.122. The van der Waals surface area contributed by atoms with Crippen molar-refractivity contribution in [2.45, 2.75) is 39.7 Å². The molecule has 1 atom stereocenters. The number of amides is 1. The van der Waals surface area contributed by atoms with Gasteiger partial charge in [-0.15, -0.1) is 0 Å². The van der Waals surface area contributed by atoms with E-state index in [1.807, 2.05) is 20.8 Å². The van der Waals surface area contributed by atoms with Crippen LogP contribution in [-0.4, -0.2) is 23.7 Å². The highest BCUT2D eigenvalue weighted by Crippen LogP contribution is 2.21. The van der Waals surface area contributed by atoms with E-state index in [1.54, 1.807) is 18.2 Å². The molecule has 0 saturated carbocycles. The van der Waals surface area contributed by atoms with Crippen molar-refractivity contribution in [2.24, 2.45) is 5.41 Å². The van der Waals surface area contributed by atoms with Crippen LogP contribution in [0.1, 0.15) is 32.8 Å². The first-order chi connectivity index (χ1) is 8.84. The monoisotopic (exact) mass is 267 g/mol. The molecule has 0 aliphatic carbocycles. The molecule has 0 saturated heterocycles. The fourth-order valence-corrected chi connectivity index (χ4v) is 1.91. The van der Waals surface area contributed by atoms with Crippen LogP contribution in [0.4, 0.5) is 4.39 Å². The molecule has 0 aliphatic rings. The summed E-state index contributed by atoms with van der Waals surface area (Å²) in [5, 5.41) is 11.9. The van der Waals surface area contributed by atoms with E-state index < -0.39 is 0 Å². The van der Waals surface area contributed by atoms with Gasteiger partial charge in [-0.1, -0.05) is 39.0 Å². The van der Waals surface area contributed by atoms with Gasteiger partial charge in [-0.05, 0) is 23.5 Å². The van der Waals surface area contributed by atoms with Crippen molar-refractivity contribution in [2.75, 3.05) is 6.61 Å². The molecular weight excluding hydrogens is 245 g/mol. The summed E-state index contributed by atoms with van der Waals surface area (Å²) in [5.74, 6) is -0.592. The molecule has 4 heteroatoms. The number of nitrogens with one attached hydrogen (secondary N) is 1. The third-order valence-corrected chi connectivity index (χ3v) is 3.11. The number of hydrogen-bond donors (Lipinski definition) is 2. The second-order valence-corrected chi connectivity index (χ2v) is 5.77. The Balaban J connectivity index is 2.66. The van der Waals surface area contributed by atoms with E-state index in [-0.39, 0.29) is 36.2 Å². The second kappa shape index (κ2) is 6.66. The minimum Gasteiger partial charge on any atom is -0.396 e. The SMILES string of the molecule is CC(C)(C)C(CCO)NC(=O)Cc1ccccc1F. The summed E-state index contributed by atoms with van der Waals surface area (Å²) < 4.78 is 13.4. The minimum absolute atomic E-state index is 0.0158. The summed E-state index contributed by atoms with van der Waals surface area (Å²) in [6.07, 6.45) is 0.511. The highest BCUT2D eigenvalue weighted by Gasteiger charge is 2.25. The van der Waals surface area contributed by atoms with Crippen molar-refractivity contribution < 1.29 is 14.3 Å². The predicted octanol–water partition coefficient (Wildman–Crippen LogP) is 2.28. The van der Waals surface area contributed by atoms with Gasteiger partial charge in [0, 0.05) is 12.6 Å². The Labute approximate surface area is 113 Å². The Hall–Kier alpha value is -1.42. The fourth-order valence-electron chi connectivity index (χ4n) is 1.91. The second-order valence-electron chi connectivity index (χ2n) is 5.77. The van der Waals surface area contributed by atoms with Crippen molar-refractivity contribution in [1.29, 1.82) is 0 Å². The lowest BCUT2D eigenvalue weighted by Gasteiger charge is -2.31. The molecule has 1 rings (SSSR count). The van der Waals surface area contributed by atoms with Crippen LogP contribution in [0.3, 0.4) is 0 Å². The molecule has 0 fully saturated rings. The smallest absolute Gasteiger partial charge is 0.224 e. The molecule has 0 spiro atoms. The van der Waals surface area contributed by atoms with Crippen molar-refractivity contribution in [1.82, 2.24) is 5.32 Å². The summed E-state index contributed by atoms with van der Waals surface area (Å²) in [4.78, 5) is 11.9. The third-order valence-electron chi connectivity index (χ3n) is 3.11. The van der Waals surface area contributed by atoms with Crippen LogP contribution in [0.2, 0.25) is 0 Å². The van der Waals surface area contributed by atoms with Gasteiger partial charge in [-0.3, -0.25) is 4.79 Å². The molecule has 0 radical (unpaired) electrons. The Bertz CT molecular complexity index is 426. The number of carbonyl (C=O) groups is 1. The lowest BCUT2D eigenvalue weighted by atomic mass is 9.85. The van der Waals surface area contributed by atoms with Gasteiger partial charge in [0.2, 0.25) is 5.91 Å². The molecule has 0 bridgehead atoms. The summed E-state index contributed by atoms with van der Waals surface area (Å²) >= 11 is 0. The van der Waals surface area contributed by atoms with Gasteiger partial charge >= 0.3 is 0 Å². The molecule has 0 aliphatic heterocycles. The van der Waals surface area contributed by atoms with Gasteiger partial charge in [-0.2, -0.15) is 0 Å². The third kappa shape index (κ3) is 4.99. The van der Waals surface area contributed by atoms with E-state index in [0.717, 1.165) is 0 Å². The van der Waals surface area contributed by atoms with Gasteiger partial charge in [0.1, 0.15) is 5.82 Å². The van der Waals surface area contributed by atoms with Crippen LogP contribution in [-0.2, 0) is 11.2 Å². The maximum absolute atomic E-state index is 13.4. The number of hydrogen-bond acceptors (Lipinski definition) is 2. The van der Waals surface area contributed by atoms with Crippen molar-refractivity contribution in [3.05, 3.63) is 35.6 Å². The van der Waals surface area contributed by atoms with E-state index in [1.165, 1.54) is 6.07 Å². The Kier molecular flexibility index (Phi) is 5.48. The van der Waals surface area contributed by atoms with E-state index in [2.05, 4.69) is 5.32 Å². The molecule has 1 aromatic carbocycles.